The first-order chi connectivity index (χ1) is 11.2. The molecule has 0 bridgehead atoms. The van der Waals surface area contributed by atoms with Gasteiger partial charge in [0.05, 0.1) is 21.6 Å². The van der Waals surface area contributed by atoms with E-state index in [-0.39, 0.29) is 22.5 Å². The lowest BCUT2D eigenvalue weighted by atomic mass is 9.88. The van der Waals surface area contributed by atoms with Gasteiger partial charge in [0, 0.05) is 12.5 Å². The summed E-state index contributed by atoms with van der Waals surface area (Å²) in [4.78, 5) is 20.5. The maximum atomic E-state index is 11.1. The first-order valence-electron chi connectivity index (χ1n) is 7.31. The molecule has 1 aromatic carbocycles. The summed E-state index contributed by atoms with van der Waals surface area (Å²) in [6.07, 6.45) is 6.66. The van der Waals surface area contributed by atoms with Gasteiger partial charge in [-0.25, -0.2) is 0 Å². The zero-order valence-corrected chi connectivity index (χ0v) is 13.6. The van der Waals surface area contributed by atoms with Gasteiger partial charge in [-0.3, -0.25) is 25.7 Å². The van der Waals surface area contributed by atoms with Gasteiger partial charge in [0.15, 0.2) is 0 Å². The minimum absolute atomic E-state index is 0.0871. The topological polar surface area (TPSA) is 111 Å². The number of nitro groups is 2. The molecule has 8 heteroatoms. The van der Waals surface area contributed by atoms with Crippen LogP contribution in [-0.2, 0) is 0 Å². The van der Waals surface area contributed by atoms with Crippen LogP contribution in [0.1, 0.15) is 27.2 Å². The molecule has 0 saturated heterocycles. The number of anilines is 1. The van der Waals surface area contributed by atoms with Crippen LogP contribution in [0.4, 0.5) is 17.1 Å². The van der Waals surface area contributed by atoms with Gasteiger partial charge in [-0.1, -0.05) is 26.0 Å². The Hall–Kier alpha value is -3.03. The third-order valence-corrected chi connectivity index (χ3v) is 3.54. The number of benzene rings is 1. The van der Waals surface area contributed by atoms with Crippen molar-refractivity contribution in [2.45, 2.75) is 27.2 Å². The van der Waals surface area contributed by atoms with E-state index < -0.39 is 9.85 Å². The number of nitrogens with zero attached hydrogens (tertiary/aromatic N) is 3. The molecular formula is C16H18N4O4. The van der Waals surface area contributed by atoms with Gasteiger partial charge in [0.25, 0.3) is 5.69 Å². The highest BCUT2D eigenvalue weighted by Crippen LogP contribution is 2.30. The molecule has 24 heavy (non-hydrogen) atoms. The second kappa shape index (κ2) is 6.61. The van der Waals surface area contributed by atoms with Crippen LogP contribution in [0, 0.1) is 25.6 Å². The largest absolute Gasteiger partial charge is 0.301 e. The Labute approximate surface area is 138 Å². The molecule has 0 amide bonds. The molecule has 0 radical (unpaired) electrons. The number of nitrogens with one attached hydrogen (secondary N) is 1. The van der Waals surface area contributed by atoms with Crippen LogP contribution in [0.5, 0.6) is 0 Å². The van der Waals surface area contributed by atoms with Crippen LogP contribution in [0.2, 0.25) is 0 Å². The minimum Gasteiger partial charge on any atom is -0.271 e. The molecule has 0 unspecified atom stereocenters. The van der Waals surface area contributed by atoms with E-state index in [1.54, 1.807) is 0 Å². The Kier molecular flexibility index (Phi) is 4.77. The maximum Gasteiger partial charge on any atom is 0.301 e. The van der Waals surface area contributed by atoms with Crippen molar-refractivity contribution in [1.29, 1.82) is 0 Å². The van der Waals surface area contributed by atoms with Gasteiger partial charge in [0.2, 0.25) is 0 Å². The van der Waals surface area contributed by atoms with Crippen molar-refractivity contribution < 1.29 is 9.85 Å². The van der Waals surface area contributed by atoms with E-state index in [0.717, 1.165) is 17.4 Å². The lowest BCUT2D eigenvalue weighted by molar-refractivity contribution is -0.393. The van der Waals surface area contributed by atoms with E-state index >= 15 is 0 Å². The molecule has 0 aliphatic heterocycles. The highest BCUT2D eigenvalue weighted by Gasteiger charge is 2.21. The summed E-state index contributed by atoms with van der Waals surface area (Å²) in [6.45, 7) is 6.08. The molecule has 1 aliphatic carbocycles. The fourth-order valence-corrected chi connectivity index (χ4v) is 2.33. The average Bonchev–Trinajstić information content (AvgIpc) is 2.62. The lowest BCUT2D eigenvalue weighted by Gasteiger charge is -2.18. The van der Waals surface area contributed by atoms with Crippen molar-refractivity contribution in [3.05, 3.63) is 62.2 Å². The zero-order valence-electron chi connectivity index (χ0n) is 13.6. The monoisotopic (exact) mass is 330 g/mol. The number of hydrogen-bond donors (Lipinski definition) is 1. The van der Waals surface area contributed by atoms with E-state index in [2.05, 4.69) is 30.5 Å². The summed E-state index contributed by atoms with van der Waals surface area (Å²) in [5, 5.41) is 26.1. The van der Waals surface area contributed by atoms with E-state index in [4.69, 9.17) is 0 Å². The van der Waals surface area contributed by atoms with Crippen molar-refractivity contribution in [2.75, 3.05) is 5.43 Å². The molecule has 8 nitrogen and oxygen atoms in total. The summed E-state index contributed by atoms with van der Waals surface area (Å²) in [5.41, 5.74) is 3.74. The van der Waals surface area contributed by atoms with Gasteiger partial charge in [-0.2, -0.15) is 5.10 Å². The van der Waals surface area contributed by atoms with E-state index in [1.165, 1.54) is 12.1 Å². The van der Waals surface area contributed by atoms with E-state index in [9.17, 15) is 20.2 Å². The number of hydrazone groups is 1. The number of nitro benzene ring substituents is 2. The molecule has 1 aromatic rings. The number of rotatable bonds is 4. The van der Waals surface area contributed by atoms with Crippen LogP contribution in [0.25, 0.3) is 0 Å². The molecule has 0 atom stereocenters. The summed E-state index contributed by atoms with van der Waals surface area (Å²) >= 11 is 0. The van der Waals surface area contributed by atoms with Crippen LogP contribution < -0.4 is 5.43 Å². The minimum atomic E-state index is -0.672. The molecule has 1 aliphatic rings. The number of hydrogen-bond acceptors (Lipinski definition) is 6. The van der Waals surface area contributed by atoms with Crippen molar-refractivity contribution in [3.63, 3.8) is 0 Å². The fraction of sp³-hybridized carbons (Fsp3) is 0.312. The SMILES string of the molecule is CC1=CC(=NNc2ccc([N+](=O)[O-])cc2[N+](=O)[O-])CC(C)(C)C=C1. The number of non-ortho nitro benzene ring substituents is 1. The van der Waals surface area contributed by atoms with Crippen LogP contribution in [0.15, 0.2) is 47.1 Å². The standard InChI is InChI=1S/C16H18N4O4/c1-11-6-7-16(2,3)10-12(8-11)17-18-14-5-4-13(19(21)22)9-15(14)20(23)24/h4-9,18H,10H2,1-3H3. The summed E-state index contributed by atoms with van der Waals surface area (Å²) < 4.78 is 0. The van der Waals surface area contributed by atoms with Gasteiger partial charge in [0.1, 0.15) is 5.69 Å². The van der Waals surface area contributed by atoms with Gasteiger partial charge < -0.3 is 0 Å². The van der Waals surface area contributed by atoms with Gasteiger partial charge in [-0.05, 0) is 30.1 Å². The van der Waals surface area contributed by atoms with Gasteiger partial charge >= 0.3 is 5.69 Å². The Morgan fingerprint density at radius 3 is 2.54 bits per heavy atom. The molecule has 0 aromatic heterocycles. The lowest BCUT2D eigenvalue weighted by Crippen LogP contribution is -2.13. The Morgan fingerprint density at radius 2 is 1.92 bits per heavy atom. The number of allylic oxidation sites excluding steroid dienone is 4. The molecule has 126 valence electrons. The average molecular weight is 330 g/mol. The quantitative estimate of drug-likeness (QED) is 0.657. The van der Waals surface area contributed by atoms with Crippen molar-refractivity contribution in [1.82, 2.24) is 0 Å². The summed E-state index contributed by atoms with van der Waals surface area (Å²) in [7, 11) is 0. The molecule has 1 N–H and O–H groups in total. The van der Waals surface area contributed by atoms with E-state index in [1.807, 2.05) is 19.1 Å². The first-order valence-corrected chi connectivity index (χ1v) is 7.31. The molecule has 0 heterocycles. The third-order valence-electron chi connectivity index (χ3n) is 3.54. The highest BCUT2D eigenvalue weighted by molar-refractivity contribution is 5.97. The normalized spacial score (nSPS) is 18.0. The zero-order chi connectivity index (χ0) is 17.9. The van der Waals surface area contributed by atoms with Crippen LogP contribution in [0.3, 0.4) is 0 Å². The predicted molar refractivity (Wildman–Crippen MR) is 92.1 cm³/mol. The molecular weight excluding hydrogens is 312 g/mol. The summed E-state index contributed by atoms with van der Waals surface area (Å²) in [6, 6.07) is 3.41. The third kappa shape index (κ3) is 4.25. The Morgan fingerprint density at radius 1 is 1.21 bits per heavy atom. The van der Waals surface area contributed by atoms with Crippen LogP contribution >= 0.6 is 0 Å². The molecule has 0 fully saturated rings. The molecule has 0 spiro atoms. The van der Waals surface area contributed by atoms with Crippen LogP contribution in [-0.4, -0.2) is 15.6 Å². The smallest absolute Gasteiger partial charge is 0.271 e. The van der Waals surface area contributed by atoms with Crippen molar-refractivity contribution in [3.8, 4) is 0 Å². The second-order valence-electron chi connectivity index (χ2n) is 6.32. The fourth-order valence-electron chi connectivity index (χ4n) is 2.33. The van der Waals surface area contributed by atoms with E-state index in [0.29, 0.717) is 6.42 Å². The van der Waals surface area contributed by atoms with Crippen molar-refractivity contribution >= 4 is 22.8 Å². The maximum absolute atomic E-state index is 11.1. The highest BCUT2D eigenvalue weighted by atomic mass is 16.6. The summed E-state index contributed by atoms with van der Waals surface area (Å²) in [5.74, 6) is 0. The molecule has 0 saturated carbocycles. The Balaban J connectivity index is 2.32. The second-order valence-corrected chi connectivity index (χ2v) is 6.32. The molecule has 2 rings (SSSR count). The van der Waals surface area contributed by atoms with Crippen molar-refractivity contribution in [2.24, 2.45) is 10.5 Å². The first kappa shape index (κ1) is 17.3. The van der Waals surface area contributed by atoms with Gasteiger partial charge in [-0.15, -0.1) is 0 Å². The predicted octanol–water partition coefficient (Wildman–Crippen LogP) is 4.20. The Bertz CT molecular complexity index is 778.